The van der Waals surface area contributed by atoms with Gasteiger partial charge in [-0.3, -0.25) is 0 Å². The third-order valence-electron chi connectivity index (χ3n) is 0.455. The zero-order valence-electron chi connectivity index (χ0n) is 5.05. The molecular weight excluding hydrogens is 120 g/mol. The van der Waals surface area contributed by atoms with Crippen molar-refractivity contribution in [3.05, 3.63) is 11.1 Å². The molecule has 0 atom stereocenters. The van der Waals surface area contributed by atoms with E-state index < -0.39 is 0 Å². The van der Waals surface area contributed by atoms with Crippen molar-refractivity contribution in [2.24, 2.45) is 10.7 Å². The Balaban J connectivity index is 3.76. The molecule has 0 aliphatic carbocycles. The van der Waals surface area contributed by atoms with E-state index in [1.54, 1.807) is 13.1 Å². The molecule has 0 amide bonds. The van der Waals surface area contributed by atoms with Gasteiger partial charge in [0.15, 0.2) is 0 Å². The molecule has 0 aliphatic heterocycles. The van der Waals surface area contributed by atoms with Gasteiger partial charge in [0.05, 0.1) is 5.84 Å². The highest BCUT2D eigenvalue weighted by molar-refractivity contribution is 7.84. The quantitative estimate of drug-likeness (QED) is 0.312. The maximum absolute atomic E-state index is 5.21. The van der Waals surface area contributed by atoms with Gasteiger partial charge in [0.1, 0.15) is 0 Å². The van der Waals surface area contributed by atoms with Gasteiger partial charge >= 0.3 is 0 Å². The molecule has 2 N–H and O–H groups in total. The molecule has 0 aromatic rings. The van der Waals surface area contributed by atoms with E-state index in [2.05, 4.69) is 17.6 Å². The lowest BCUT2D eigenvalue weighted by Gasteiger charge is -1.84. The van der Waals surface area contributed by atoms with E-state index in [0.29, 0.717) is 5.84 Å². The molecule has 0 radical (unpaired) electrons. The van der Waals surface area contributed by atoms with Gasteiger partial charge in [0, 0.05) is 6.20 Å². The molecule has 0 rings (SSSR count). The minimum atomic E-state index is 0.554. The first-order valence-corrected chi connectivity index (χ1v) is 2.73. The van der Waals surface area contributed by atoms with Crippen LogP contribution in [0.15, 0.2) is 16.1 Å². The van der Waals surface area contributed by atoms with Gasteiger partial charge in [0.2, 0.25) is 0 Å². The maximum Gasteiger partial charge on any atom is 0.0957 e. The van der Waals surface area contributed by atoms with Crippen LogP contribution in [0.1, 0.15) is 13.8 Å². The summed E-state index contributed by atoms with van der Waals surface area (Å²) in [6.07, 6.45) is 1.61. The Morgan fingerprint density at radius 1 is 1.62 bits per heavy atom. The number of allylic oxidation sites excluding steroid dienone is 1. The summed E-state index contributed by atoms with van der Waals surface area (Å²) in [6, 6.07) is 0. The van der Waals surface area contributed by atoms with Crippen molar-refractivity contribution in [3.63, 3.8) is 0 Å². The first kappa shape index (κ1) is 7.56. The molecule has 8 heavy (non-hydrogen) atoms. The van der Waals surface area contributed by atoms with Crippen LogP contribution in [0.4, 0.5) is 0 Å². The van der Waals surface area contributed by atoms with Crippen LogP contribution in [0.5, 0.6) is 0 Å². The van der Waals surface area contributed by atoms with E-state index in [9.17, 15) is 0 Å². The fraction of sp³-hybridized carbons (Fsp3) is 0.400. The van der Waals surface area contributed by atoms with E-state index in [4.69, 9.17) is 5.73 Å². The number of hydrogen-bond donors (Lipinski definition) is 2. The highest BCUT2D eigenvalue weighted by Crippen LogP contribution is 1.95. The Labute approximate surface area is 54.9 Å². The minimum Gasteiger partial charge on any atom is -0.387 e. The Hall–Kier alpha value is -0.440. The summed E-state index contributed by atoms with van der Waals surface area (Å²) in [5.41, 5.74) is 5.21. The molecule has 46 valence electrons. The fourth-order valence-corrected chi connectivity index (χ4v) is 0.253. The summed E-state index contributed by atoms with van der Waals surface area (Å²) in [7, 11) is 0. The molecule has 0 fully saturated rings. The predicted octanol–water partition coefficient (Wildman–Crippen LogP) is 1.15. The van der Waals surface area contributed by atoms with Crippen molar-refractivity contribution in [1.82, 2.24) is 0 Å². The van der Waals surface area contributed by atoms with Gasteiger partial charge in [-0.15, -0.1) is 12.6 Å². The van der Waals surface area contributed by atoms with Gasteiger partial charge in [-0.2, -0.15) is 0 Å². The Kier molecular flexibility index (Phi) is 3.35. The number of rotatable bonds is 1. The first-order valence-electron chi connectivity index (χ1n) is 2.28. The Morgan fingerprint density at radius 2 is 2.12 bits per heavy atom. The molecule has 0 saturated heterocycles. The summed E-state index contributed by atoms with van der Waals surface area (Å²) in [4.78, 5) is 4.64. The van der Waals surface area contributed by atoms with Crippen molar-refractivity contribution in [3.8, 4) is 0 Å². The fourth-order valence-electron chi connectivity index (χ4n) is 0.195. The van der Waals surface area contributed by atoms with Gasteiger partial charge in [-0.05, 0) is 18.8 Å². The second kappa shape index (κ2) is 3.55. The molecule has 0 aromatic heterocycles. The number of hydrogen-bond acceptors (Lipinski definition) is 2. The van der Waals surface area contributed by atoms with Crippen molar-refractivity contribution in [2.75, 3.05) is 0 Å². The third kappa shape index (κ3) is 5.56. The van der Waals surface area contributed by atoms with E-state index in [1.807, 2.05) is 6.92 Å². The van der Waals surface area contributed by atoms with E-state index in [-0.39, 0.29) is 0 Å². The normalized spacial score (nSPS) is 14.4. The highest BCUT2D eigenvalue weighted by atomic mass is 32.1. The number of thiol groups is 1. The van der Waals surface area contributed by atoms with Crippen LogP contribution in [0.3, 0.4) is 0 Å². The van der Waals surface area contributed by atoms with Crippen LogP contribution in [0, 0.1) is 0 Å². The van der Waals surface area contributed by atoms with Gasteiger partial charge < -0.3 is 5.73 Å². The second-order valence-electron chi connectivity index (χ2n) is 1.54. The number of aliphatic imine (C=N–C) groups is 1. The van der Waals surface area contributed by atoms with E-state index in [0.717, 1.165) is 4.91 Å². The number of amidine groups is 1. The molecule has 0 spiro atoms. The largest absolute Gasteiger partial charge is 0.387 e. The average molecular weight is 130 g/mol. The van der Waals surface area contributed by atoms with E-state index >= 15 is 0 Å². The summed E-state index contributed by atoms with van der Waals surface area (Å²) >= 11 is 3.97. The van der Waals surface area contributed by atoms with Crippen molar-refractivity contribution < 1.29 is 0 Å². The van der Waals surface area contributed by atoms with Crippen LogP contribution in [0.2, 0.25) is 0 Å². The molecular formula is C5H10N2S. The lowest BCUT2D eigenvalue weighted by atomic mass is 10.6. The molecule has 3 heteroatoms. The monoisotopic (exact) mass is 130 g/mol. The van der Waals surface area contributed by atoms with Crippen molar-refractivity contribution >= 4 is 18.5 Å². The maximum atomic E-state index is 5.21. The molecule has 0 aromatic carbocycles. The Morgan fingerprint density at radius 3 is 2.25 bits per heavy atom. The standard InChI is InChI=1S/C5H10N2S/c1-4(8)3-7-5(2)6/h3,8H,1-2H3,(H2,6,7)/b4-3-. The topological polar surface area (TPSA) is 38.4 Å². The van der Waals surface area contributed by atoms with E-state index in [1.165, 1.54) is 0 Å². The van der Waals surface area contributed by atoms with Crippen LogP contribution in [0.25, 0.3) is 0 Å². The van der Waals surface area contributed by atoms with Crippen molar-refractivity contribution in [1.29, 1.82) is 0 Å². The first-order chi connectivity index (χ1) is 3.63. The lowest BCUT2D eigenvalue weighted by Crippen LogP contribution is -2.03. The van der Waals surface area contributed by atoms with Crippen LogP contribution >= 0.6 is 12.6 Å². The number of nitrogens with zero attached hydrogens (tertiary/aromatic N) is 1. The van der Waals surface area contributed by atoms with Gasteiger partial charge in [-0.25, -0.2) is 4.99 Å². The summed E-state index contributed by atoms with van der Waals surface area (Å²) in [5, 5.41) is 0. The molecule has 0 heterocycles. The van der Waals surface area contributed by atoms with Crippen molar-refractivity contribution in [2.45, 2.75) is 13.8 Å². The van der Waals surface area contributed by atoms with Crippen LogP contribution < -0.4 is 5.73 Å². The molecule has 0 unspecified atom stereocenters. The highest BCUT2D eigenvalue weighted by Gasteiger charge is 1.73. The predicted molar refractivity (Wildman–Crippen MR) is 40.0 cm³/mol. The second-order valence-corrected chi connectivity index (χ2v) is 2.25. The summed E-state index contributed by atoms with van der Waals surface area (Å²) in [5.74, 6) is 0.554. The SMILES string of the molecule is CC(N)=N/C=C(/C)S. The van der Waals surface area contributed by atoms with Crippen LogP contribution in [-0.2, 0) is 0 Å². The zero-order valence-corrected chi connectivity index (χ0v) is 5.94. The molecule has 0 saturated carbocycles. The Bertz CT molecular complexity index is 102. The smallest absolute Gasteiger partial charge is 0.0957 e. The lowest BCUT2D eigenvalue weighted by molar-refractivity contribution is 1.44. The number of nitrogens with two attached hydrogens (primary N) is 1. The average Bonchev–Trinajstić information content (AvgIpc) is 1.61. The third-order valence-corrected chi connectivity index (χ3v) is 0.570. The minimum absolute atomic E-state index is 0.554. The van der Waals surface area contributed by atoms with Gasteiger partial charge in [0.25, 0.3) is 0 Å². The molecule has 0 aliphatic rings. The zero-order chi connectivity index (χ0) is 6.57. The summed E-state index contributed by atoms with van der Waals surface area (Å²) in [6.45, 7) is 3.57. The molecule has 2 nitrogen and oxygen atoms in total. The van der Waals surface area contributed by atoms with Crippen LogP contribution in [-0.4, -0.2) is 5.84 Å². The summed E-state index contributed by atoms with van der Waals surface area (Å²) < 4.78 is 0. The van der Waals surface area contributed by atoms with Gasteiger partial charge in [-0.1, -0.05) is 0 Å². The molecule has 0 bridgehead atoms.